The highest BCUT2D eigenvalue weighted by Crippen LogP contribution is 2.29. The van der Waals surface area contributed by atoms with E-state index in [4.69, 9.17) is 14.0 Å². The van der Waals surface area contributed by atoms with Crippen molar-refractivity contribution in [3.05, 3.63) is 30.0 Å². The van der Waals surface area contributed by atoms with E-state index in [1.165, 1.54) is 13.2 Å². The largest absolute Gasteiger partial charge is 0.479 e. The SMILES string of the molecule is COc1cc(C(=O)NC(c2nccn2C)C2CCOCC2)on1. The molecule has 0 radical (unpaired) electrons. The lowest BCUT2D eigenvalue weighted by atomic mass is 9.91. The average molecular weight is 320 g/mol. The Hall–Kier alpha value is -2.35. The predicted octanol–water partition coefficient (Wildman–Crippen LogP) is 1.31. The zero-order chi connectivity index (χ0) is 16.2. The van der Waals surface area contributed by atoms with Crippen molar-refractivity contribution in [3.63, 3.8) is 0 Å². The lowest BCUT2D eigenvalue weighted by Gasteiger charge is -2.30. The zero-order valence-corrected chi connectivity index (χ0v) is 13.2. The van der Waals surface area contributed by atoms with Gasteiger partial charge in [0.25, 0.3) is 11.8 Å². The first-order valence-corrected chi connectivity index (χ1v) is 7.55. The minimum absolute atomic E-state index is 0.119. The fourth-order valence-electron chi connectivity index (χ4n) is 2.79. The lowest BCUT2D eigenvalue weighted by Crippen LogP contribution is -2.37. The molecule has 1 fully saturated rings. The molecule has 0 aliphatic carbocycles. The van der Waals surface area contributed by atoms with E-state index in [0.29, 0.717) is 13.2 Å². The first-order chi connectivity index (χ1) is 11.2. The maximum absolute atomic E-state index is 12.5. The number of methoxy groups -OCH3 is 1. The van der Waals surface area contributed by atoms with Gasteiger partial charge < -0.3 is 23.9 Å². The molecule has 1 unspecified atom stereocenters. The monoisotopic (exact) mass is 320 g/mol. The maximum atomic E-state index is 12.5. The minimum Gasteiger partial charge on any atom is -0.479 e. The van der Waals surface area contributed by atoms with Crippen molar-refractivity contribution in [3.8, 4) is 5.88 Å². The Balaban J connectivity index is 1.80. The van der Waals surface area contributed by atoms with Crippen LogP contribution >= 0.6 is 0 Å². The first-order valence-electron chi connectivity index (χ1n) is 7.55. The van der Waals surface area contributed by atoms with Crippen LogP contribution in [0.4, 0.5) is 0 Å². The van der Waals surface area contributed by atoms with E-state index in [2.05, 4.69) is 15.5 Å². The van der Waals surface area contributed by atoms with Gasteiger partial charge in [-0.15, -0.1) is 0 Å². The molecular weight excluding hydrogens is 300 g/mol. The Bertz CT molecular complexity index is 660. The Morgan fingerprint density at radius 1 is 1.48 bits per heavy atom. The molecule has 124 valence electrons. The number of ether oxygens (including phenoxy) is 2. The van der Waals surface area contributed by atoms with Crippen LogP contribution in [0.3, 0.4) is 0 Å². The smallest absolute Gasteiger partial charge is 0.290 e. The number of nitrogens with zero attached hydrogens (tertiary/aromatic N) is 3. The van der Waals surface area contributed by atoms with Crippen LogP contribution in [0.1, 0.15) is 35.3 Å². The number of carbonyl (C=O) groups excluding carboxylic acids is 1. The van der Waals surface area contributed by atoms with Crippen LogP contribution in [0.25, 0.3) is 0 Å². The van der Waals surface area contributed by atoms with Gasteiger partial charge in [0, 0.05) is 32.7 Å². The molecule has 23 heavy (non-hydrogen) atoms. The molecule has 3 heterocycles. The fraction of sp³-hybridized carbons (Fsp3) is 0.533. The van der Waals surface area contributed by atoms with Crippen LogP contribution in [0.15, 0.2) is 23.0 Å². The summed E-state index contributed by atoms with van der Waals surface area (Å²) in [5, 5.41) is 6.67. The quantitative estimate of drug-likeness (QED) is 0.893. The van der Waals surface area contributed by atoms with Crippen molar-refractivity contribution in [1.82, 2.24) is 20.0 Å². The number of nitrogens with one attached hydrogen (secondary N) is 1. The summed E-state index contributed by atoms with van der Waals surface area (Å²) < 4.78 is 17.3. The van der Waals surface area contributed by atoms with Gasteiger partial charge in [-0.05, 0) is 23.9 Å². The van der Waals surface area contributed by atoms with E-state index in [1.807, 2.05) is 17.8 Å². The van der Waals surface area contributed by atoms with Crippen molar-refractivity contribution < 1.29 is 18.8 Å². The predicted molar refractivity (Wildman–Crippen MR) is 80.0 cm³/mol. The number of hydrogen-bond donors (Lipinski definition) is 1. The average Bonchev–Trinajstić information content (AvgIpc) is 3.22. The third-order valence-electron chi connectivity index (χ3n) is 4.08. The number of aryl methyl sites for hydroxylation is 1. The van der Waals surface area contributed by atoms with Crippen molar-refractivity contribution >= 4 is 5.91 Å². The molecule has 1 saturated heterocycles. The van der Waals surface area contributed by atoms with Gasteiger partial charge in [0.1, 0.15) is 5.82 Å². The number of hydrogen-bond acceptors (Lipinski definition) is 6. The molecule has 0 aromatic carbocycles. The van der Waals surface area contributed by atoms with E-state index in [9.17, 15) is 4.79 Å². The third kappa shape index (κ3) is 3.37. The number of aromatic nitrogens is 3. The second-order valence-corrected chi connectivity index (χ2v) is 5.53. The molecule has 8 nitrogen and oxygen atoms in total. The number of rotatable bonds is 5. The van der Waals surface area contributed by atoms with Gasteiger partial charge >= 0.3 is 0 Å². The van der Waals surface area contributed by atoms with Gasteiger partial charge in [0.05, 0.1) is 19.2 Å². The number of imidazole rings is 1. The van der Waals surface area contributed by atoms with Crippen molar-refractivity contribution in [1.29, 1.82) is 0 Å². The molecule has 2 aromatic heterocycles. The van der Waals surface area contributed by atoms with E-state index in [-0.39, 0.29) is 29.5 Å². The minimum atomic E-state index is -0.333. The maximum Gasteiger partial charge on any atom is 0.290 e. The summed E-state index contributed by atoms with van der Waals surface area (Å²) in [4.78, 5) is 16.9. The molecule has 0 saturated carbocycles. The molecule has 0 bridgehead atoms. The Kier molecular flexibility index (Phi) is 4.61. The van der Waals surface area contributed by atoms with Crippen LogP contribution in [0.5, 0.6) is 5.88 Å². The zero-order valence-electron chi connectivity index (χ0n) is 13.2. The highest BCUT2D eigenvalue weighted by Gasteiger charge is 2.30. The first kappa shape index (κ1) is 15.5. The second kappa shape index (κ2) is 6.82. The fourth-order valence-corrected chi connectivity index (χ4v) is 2.79. The summed E-state index contributed by atoms with van der Waals surface area (Å²) in [7, 11) is 3.39. The van der Waals surface area contributed by atoms with E-state index >= 15 is 0 Å². The van der Waals surface area contributed by atoms with E-state index < -0.39 is 0 Å². The Labute approximate surface area is 133 Å². The molecule has 1 amide bonds. The van der Waals surface area contributed by atoms with Crippen molar-refractivity contribution in [2.75, 3.05) is 20.3 Å². The van der Waals surface area contributed by atoms with Gasteiger partial charge in [-0.25, -0.2) is 4.98 Å². The van der Waals surface area contributed by atoms with Crippen molar-refractivity contribution in [2.45, 2.75) is 18.9 Å². The summed E-state index contributed by atoms with van der Waals surface area (Å²) in [6, 6.07) is 1.26. The van der Waals surface area contributed by atoms with Crippen LogP contribution in [-0.2, 0) is 11.8 Å². The standard InChI is InChI=1S/C15H20N4O4/c1-19-6-5-16-14(19)13(10-3-7-22-8-4-10)17-15(20)11-9-12(21-2)18-23-11/h5-6,9-10,13H,3-4,7-8H2,1-2H3,(H,17,20). The van der Waals surface area contributed by atoms with E-state index in [1.54, 1.807) is 6.20 Å². The molecule has 1 aliphatic rings. The molecular formula is C15H20N4O4. The third-order valence-corrected chi connectivity index (χ3v) is 4.08. The van der Waals surface area contributed by atoms with Gasteiger partial charge in [0.2, 0.25) is 5.76 Å². The second-order valence-electron chi connectivity index (χ2n) is 5.53. The number of carbonyl (C=O) groups is 1. The lowest BCUT2D eigenvalue weighted by molar-refractivity contribution is 0.0493. The Morgan fingerprint density at radius 3 is 2.87 bits per heavy atom. The van der Waals surface area contributed by atoms with Gasteiger partial charge in [-0.3, -0.25) is 4.79 Å². The highest BCUT2D eigenvalue weighted by molar-refractivity contribution is 5.91. The van der Waals surface area contributed by atoms with Gasteiger partial charge in [0.15, 0.2) is 0 Å². The number of amides is 1. The normalized spacial score (nSPS) is 17.0. The van der Waals surface area contributed by atoms with Gasteiger partial charge in [-0.1, -0.05) is 0 Å². The summed E-state index contributed by atoms with van der Waals surface area (Å²) in [5.74, 6) is 1.14. The molecule has 3 rings (SSSR count). The highest BCUT2D eigenvalue weighted by atomic mass is 16.5. The van der Waals surface area contributed by atoms with Gasteiger partial charge in [-0.2, -0.15) is 0 Å². The summed E-state index contributed by atoms with van der Waals surface area (Å²) >= 11 is 0. The summed E-state index contributed by atoms with van der Waals surface area (Å²) in [6.07, 6.45) is 5.34. The molecule has 8 heteroatoms. The molecule has 1 aliphatic heterocycles. The molecule has 2 aromatic rings. The van der Waals surface area contributed by atoms with Crippen LogP contribution in [0.2, 0.25) is 0 Å². The Morgan fingerprint density at radius 2 is 2.26 bits per heavy atom. The summed E-state index contributed by atoms with van der Waals surface area (Å²) in [5.41, 5.74) is 0. The molecule has 1 N–H and O–H groups in total. The van der Waals surface area contributed by atoms with Crippen LogP contribution in [0, 0.1) is 5.92 Å². The topological polar surface area (TPSA) is 91.4 Å². The van der Waals surface area contributed by atoms with Crippen LogP contribution in [-0.4, -0.2) is 40.9 Å². The molecule has 0 spiro atoms. The summed E-state index contributed by atoms with van der Waals surface area (Å²) in [6.45, 7) is 1.38. The molecule has 1 atom stereocenters. The van der Waals surface area contributed by atoms with Crippen LogP contribution < -0.4 is 10.1 Å². The van der Waals surface area contributed by atoms with E-state index in [0.717, 1.165) is 18.7 Å². The van der Waals surface area contributed by atoms with Crippen molar-refractivity contribution in [2.24, 2.45) is 13.0 Å².